The Morgan fingerprint density at radius 1 is 0.833 bits per heavy atom. The fraction of sp³-hybridized carbons (Fsp3) is 0.574. The van der Waals surface area contributed by atoms with E-state index in [1.54, 1.807) is 17.0 Å². The van der Waals surface area contributed by atoms with Crippen LogP contribution < -0.4 is 26.0 Å². The number of likely N-dealkylation sites (tertiary alicyclic amines) is 2. The van der Waals surface area contributed by atoms with Crippen LogP contribution in [-0.2, 0) is 44.8 Å². The second-order valence-corrected chi connectivity index (χ2v) is 19.6. The molecule has 16 nitrogen and oxygen atoms in total. The highest BCUT2D eigenvalue weighted by atomic mass is 35.5. The van der Waals surface area contributed by atoms with Crippen molar-refractivity contribution in [1.29, 1.82) is 0 Å². The van der Waals surface area contributed by atoms with E-state index in [0.29, 0.717) is 54.7 Å². The maximum Gasteiger partial charge on any atom is 0.317 e. The number of nitrogens with one attached hydrogen (secondary N) is 4. The van der Waals surface area contributed by atoms with E-state index < -0.39 is 54.3 Å². The van der Waals surface area contributed by atoms with Crippen molar-refractivity contribution in [1.82, 2.24) is 31.1 Å². The topological polar surface area (TPSA) is 221 Å². The number of carbonyl (C=O) groups is 8. The average molecular weight is 954 g/mol. The van der Waals surface area contributed by atoms with Crippen molar-refractivity contribution in [2.24, 2.45) is 35.5 Å². The Hall–Kier alpha value is -5.29. The van der Waals surface area contributed by atoms with Crippen LogP contribution >= 0.6 is 23.2 Å². The molecule has 2 aromatic rings. The van der Waals surface area contributed by atoms with E-state index in [0.717, 1.165) is 32.1 Å². The SMILES string of the molecule is O=C[C@H](C[C@@H]1CCNC1=O)NC(=O)C1[C@H]2CCC[C@H]2CN1C(=O)CCc1ccc(C2C[C@@H](C[C@@H](C=O)NC(=O)C3[C@H]4CCC[C@H]4CN3C(=O)C(F)Oc3ccc(Cl)cc3Cl)C(=O)N2)c(O)c1. The Morgan fingerprint density at radius 2 is 1.47 bits per heavy atom. The summed E-state index contributed by atoms with van der Waals surface area (Å²) in [5.41, 5.74) is 1.10. The molecule has 19 heteroatoms. The van der Waals surface area contributed by atoms with Gasteiger partial charge < -0.3 is 50.5 Å². The number of benzene rings is 2. The van der Waals surface area contributed by atoms with Gasteiger partial charge in [-0.1, -0.05) is 48.2 Å². The standard InChI is InChI=1S/C47H55Cl2FN6O10/c48-29-9-11-38(35(49)19-29)66-42(50)47(65)56-21-27-4-2-6-33(27)41(56)46(64)53-31(23-58)17-28-18-36(54-44(28)62)34-10-7-24(15-37(34)59)8-12-39(60)55-20-26-3-1-5-32(26)40(55)45(63)52-30(22-57)16-25-13-14-51-43(25)61/h7,9-11,15,19,22-23,25-28,30-33,36,40-42,59H,1-6,8,12-14,16-18,20-21H2,(H,51,61)(H,52,63)(H,53,64)(H,54,62)/t25-,26-,27-,28+,30-,31-,32-,33-,36?,40?,41?,42?/m0/s1. The summed E-state index contributed by atoms with van der Waals surface area (Å²) in [6, 6.07) is 4.76. The number of rotatable bonds is 17. The van der Waals surface area contributed by atoms with Crippen LogP contribution in [0.2, 0.25) is 10.0 Å². The Kier molecular flexibility index (Phi) is 14.5. The minimum absolute atomic E-state index is 0.00769. The molecule has 2 saturated carbocycles. The van der Waals surface area contributed by atoms with Crippen molar-refractivity contribution in [3.05, 3.63) is 57.6 Å². The number of phenolic OH excluding ortho intramolecular Hbond substituents is 1. The third-order valence-electron chi connectivity index (χ3n) is 14.8. The summed E-state index contributed by atoms with van der Waals surface area (Å²) in [4.78, 5) is 107. The molecule has 8 rings (SSSR count). The molecule has 0 bridgehead atoms. The van der Waals surface area contributed by atoms with Gasteiger partial charge in [-0.05, 0) is 111 Å². The molecule has 12 atom stereocenters. The van der Waals surface area contributed by atoms with E-state index >= 15 is 4.39 Å². The molecule has 6 aliphatic rings. The minimum Gasteiger partial charge on any atom is -0.508 e. The number of aldehydes is 2. The lowest BCUT2D eigenvalue weighted by Gasteiger charge is -2.29. The number of hydrogen-bond acceptors (Lipinski definition) is 10. The van der Waals surface area contributed by atoms with Crippen LogP contribution in [0.4, 0.5) is 4.39 Å². The number of nitrogens with zero attached hydrogens (tertiary/aromatic N) is 2. The molecule has 0 spiro atoms. The smallest absolute Gasteiger partial charge is 0.317 e. The summed E-state index contributed by atoms with van der Waals surface area (Å²) in [5.74, 6) is -4.18. The second kappa shape index (κ2) is 20.3. The Labute approximate surface area is 391 Å². The van der Waals surface area contributed by atoms with Crippen LogP contribution in [0.15, 0.2) is 36.4 Å². The summed E-state index contributed by atoms with van der Waals surface area (Å²) >= 11 is 12.1. The number of ether oxygens (including phenoxy) is 1. The number of hydrogen-bond donors (Lipinski definition) is 5. The summed E-state index contributed by atoms with van der Waals surface area (Å²) < 4.78 is 20.6. The van der Waals surface area contributed by atoms with E-state index in [-0.39, 0.29) is 108 Å². The molecule has 6 fully saturated rings. The summed E-state index contributed by atoms with van der Waals surface area (Å²) in [6.07, 6.45) is 4.87. The maximum absolute atomic E-state index is 15.4. The molecular weight excluding hydrogens is 898 g/mol. The summed E-state index contributed by atoms with van der Waals surface area (Å²) in [7, 11) is 0. The fourth-order valence-electron chi connectivity index (χ4n) is 11.5. The van der Waals surface area contributed by atoms with Crippen LogP contribution in [0.5, 0.6) is 11.5 Å². The number of fused-ring (bicyclic) bond motifs is 2. The highest BCUT2D eigenvalue weighted by Crippen LogP contribution is 2.44. The van der Waals surface area contributed by atoms with E-state index in [4.69, 9.17) is 27.9 Å². The largest absolute Gasteiger partial charge is 0.508 e. The van der Waals surface area contributed by atoms with E-state index in [2.05, 4.69) is 21.3 Å². The molecule has 4 heterocycles. The highest BCUT2D eigenvalue weighted by Gasteiger charge is 2.52. The lowest BCUT2D eigenvalue weighted by atomic mass is 9.91. The van der Waals surface area contributed by atoms with E-state index in [1.807, 2.05) is 0 Å². The predicted octanol–water partition coefficient (Wildman–Crippen LogP) is 3.72. The Balaban J connectivity index is 0.850. The molecule has 5 N–H and O–H groups in total. The molecule has 2 aromatic carbocycles. The first-order valence-corrected chi connectivity index (χ1v) is 23.7. The second-order valence-electron chi connectivity index (χ2n) is 18.8. The lowest BCUT2D eigenvalue weighted by molar-refractivity contribution is -0.151. The number of carbonyl (C=O) groups excluding carboxylic acids is 8. The van der Waals surface area contributed by atoms with Gasteiger partial charge in [-0.3, -0.25) is 28.8 Å². The van der Waals surface area contributed by atoms with Gasteiger partial charge in [-0.15, -0.1) is 0 Å². The van der Waals surface area contributed by atoms with Gasteiger partial charge in [0.25, 0.3) is 5.91 Å². The third kappa shape index (κ3) is 10.0. The van der Waals surface area contributed by atoms with E-state index in [1.165, 1.54) is 29.2 Å². The van der Waals surface area contributed by atoms with Crippen LogP contribution in [0, 0.1) is 35.5 Å². The van der Waals surface area contributed by atoms with Crippen LogP contribution in [0.3, 0.4) is 0 Å². The first-order valence-electron chi connectivity index (χ1n) is 23.0. The number of amides is 6. The van der Waals surface area contributed by atoms with Crippen LogP contribution in [0.25, 0.3) is 0 Å². The fourth-order valence-corrected chi connectivity index (χ4v) is 12.0. The molecule has 4 aliphatic heterocycles. The van der Waals surface area contributed by atoms with E-state index in [9.17, 15) is 43.5 Å². The zero-order valence-electron chi connectivity index (χ0n) is 36.3. The van der Waals surface area contributed by atoms with Crippen LogP contribution in [0.1, 0.15) is 87.8 Å². The Morgan fingerprint density at radius 3 is 2.08 bits per heavy atom. The van der Waals surface area contributed by atoms with Crippen molar-refractivity contribution >= 4 is 71.2 Å². The molecule has 6 amide bonds. The van der Waals surface area contributed by atoms with Gasteiger partial charge in [-0.25, -0.2) is 0 Å². The van der Waals surface area contributed by atoms with Gasteiger partial charge in [-0.2, -0.15) is 4.39 Å². The minimum atomic E-state index is -2.46. The summed E-state index contributed by atoms with van der Waals surface area (Å²) in [6.45, 7) is 1.11. The highest BCUT2D eigenvalue weighted by molar-refractivity contribution is 6.35. The number of aromatic hydroxyl groups is 1. The molecule has 354 valence electrons. The quantitative estimate of drug-likeness (QED) is 0.145. The Bertz CT molecular complexity index is 2250. The third-order valence-corrected chi connectivity index (χ3v) is 15.3. The number of alkyl halides is 1. The maximum atomic E-state index is 15.4. The van der Waals surface area contributed by atoms with Crippen molar-refractivity contribution in [2.45, 2.75) is 114 Å². The normalized spacial score (nSPS) is 29.0. The van der Waals surface area contributed by atoms with Gasteiger partial charge >= 0.3 is 6.36 Å². The molecule has 2 aliphatic carbocycles. The molecule has 0 aromatic heterocycles. The number of phenols is 1. The van der Waals surface area contributed by atoms with Gasteiger partial charge in [0.1, 0.15) is 36.2 Å². The van der Waals surface area contributed by atoms with Gasteiger partial charge in [0.15, 0.2) is 0 Å². The number of halogens is 3. The predicted molar refractivity (Wildman–Crippen MR) is 236 cm³/mol. The monoisotopic (exact) mass is 952 g/mol. The zero-order valence-corrected chi connectivity index (χ0v) is 37.8. The average Bonchev–Trinajstić information content (AvgIpc) is 4.16. The van der Waals surface area contributed by atoms with Gasteiger partial charge in [0.05, 0.1) is 23.1 Å². The van der Waals surface area contributed by atoms with Crippen molar-refractivity contribution in [3.8, 4) is 11.5 Å². The molecule has 0 radical (unpaired) electrons. The lowest BCUT2D eigenvalue weighted by Crippen LogP contribution is -2.53. The zero-order chi connectivity index (χ0) is 46.8. The molecule has 4 saturated heterocycles. The van der Waals surface area contributed by atoms with Crippen molar-refractivity contribution in [3.63, 3.8) is 0 Å². The molecule has 4 unspecified atom stereocenters. The van der Waals surface area contributed by atoms with Gasteiger partial charge in [0, 0.05) is 48.5 Å². The van der Waals surface area contributed by atoms with Crippen LogP contribution in [-0.4, -0.2) is 113 Å². The van der Waals surface area contributed by atoms with Crippen molar-refractivity contribution in [2.75, 3.05) is 19.6 Å². The summed E-state index contributed by atoms with van der Waals surface area (Å²) in [5, 5.41) is 22.6. The number of aryl methyl sites for hydroxylation is 1. The first kappa shape index (κ1) is 47.2. The first-order chi connectivity index (χ1) is 31.7. The molecule has 66 heavy (non-hydrogen) atoms. The van der Waals surface area contributed by atoms with Crippen molar-refractivity contribution < 1.29 is 52.6 Å². The molecular formula is C47H55Cl2FN6O10. The van der Waals surface area contributed by atoms with Gasteiger partial charge in [0.2, 0.25) is 29.5 Å².